The van der Waals surface area contributed by atoms with Crippen LogP contribution in [0.4, 0.5) is 0 Å². The molecule has 0 aromatic rings. The quantitative estimate of drug-likeness (QED) is 0.654. The minimum absolute atomic E-state index is 0.680. The number of hydrogen-bond donors (Lipinski definition) is 1. The van der Waals surface area contributed by atoms with Crippen LogP contribution < -0.4 is 5.32 Å². The largest absolute Gasteiger partial charge is 0.313 e. The highest BCUT2D eigenvalue weighted by Gasteiger charge is 2.20. The van der Waals surface area contributed by atoms with Crippen LogP contribution in [0.15, 0.2) is 0 Å². The summed E-state index contributed by atoms with van der Waals surface area (Å²) in [7, 11) is 2.22. The van der Waals surface area contributed by atoms with Gasteiger partial charge >= 0.3 is 0 Å². The van der Waals surface area contributed by atoms with Gasteiger partial charge in [0.15, 0.2) is 0 Å². The van der Waals surface area contributed by atoms with E-state index in [9.17, 15) is 0 Å². The fourth-order valence-electron chi connectivity index (χ4n) is 2.45. The maximum absolute atomic E-state index is 3.55. The molecule has 0 aromatic heterocycles. The van der Waals surface area contributed by atoms with Crippen LogP contribution in [0.3, 0.4) is 0 Å². The lowest BCUT2D eigenvalue weighted by atomic mass is 10.2. The number of unbranched alkanes of at least 4 members (excludes halogenated alkanes) is 1. The Bertz CT molecular complexity index is 194. The van der Waals surface area contributed by atoms with Gasteiger partial charge in [0.25, 0.3) is 0 Å². The maximum atomic E-state index is 3.55. The molecular formula is C14H31N3. The van der Waals surface area contributed by atoms with Gasteiger partial charge in [0.2, 0.25) is 0 Å². The Kier molecular flexibility index (Phi) is 7.09. The van der Waals surface area contributed by atoms with Crippen LogP contribution in [0, 0.1) is 0 Å². The van der Waals surface area contributed by atoms with Gasteiger partial charge in [-0.1, -0.05) is 6.92 Å². The molecule has 0 aliphatic carbocycles. The molecule has 0 aromatic carbocycles. The third kappa shape index (κ3) is 5.84. The van der Waals surface area contributed by atoms with E-state index in [0.717, 1.165) is 12.6 Å². The van der Waals surface area contributed by atoms with E-state index in [0.29, 0.717) is 6.04 Å². The van der Waals surface area contributed by atoms with Gasteiger partial charge in [-0.05, 0) is 66.3 Å². The number of hydrogen-bond acceptors (Lipinski definition) is 3. The third-order valence-electron chi connectivity index (χ3n) is 3.88. The first-order chi connectivity index (χ1) is 8.13. The zero-order valence-electron chi connectivity index (χ0n) is 12.2. The van der Waals surface area contributed by atoms with E-state index < -0.39 is 0 Å². The molecular weight excluding hydrogens is 210 g/mol. The van der Waals surface area contributed by atoms with Crippen LogP contribution in [0.1, 0.15) is 40.0 Å². The molecule has 3 heteroatoms. The zero-order chi connectivity index (χ0) is 12.7. The first kappa shape index (κ1) is 14.9. The minimum Gasteiger partial charge on any atom is -0.313 e. The summed E-state index contributed by atoms with van der Waals surface area (Å²) in [6.07, 6.45) is 4.01. The van der Waals surface area contributed by atoms with Crippen molar-refractivity contribution in [1.82, 2.24) is 15.1 Å². The summed E-state index contributed by atoms with van der Waals surface area (Å²) in [5.41, 5.74) is 0. The predicted octanol–water partition coefficient (Wildman–Crippen LogP) is 1.79. The molecule has 102 valence electrons. The van der Waals surface area contributed by atoms with E-state index in [4.69, 9.17) is 0 Å². The molecule has 1 unspecified atom stereocenters. The SMILES string of the molecule is CCNC1CCN(CCCCN(C)C(C)C)C1. The lowest BCUT2D eigenvalue weighted by Gasteiger charge is -2.21. The van der Waals surface area contributed by atoms with Crippen molar-refractivity contribution in [2.45, 2.75) is 52.1 Å². The highest BCUT2D eigenvalue weighted by atomic mass is 15.2. The molecule has 1 saturated heterocycles. The van der Waals surface area contributed by atoms with Gasteiger partial charge in [-0.2, -0.15) is 0 Å². The number of likely N-dealkylation sites (N-methyl/N-ethyl adjacent to an activating group) is 1. The van der Waals surface area contributed by atoms with E-state index >= 15 is 0 Å². The van der Waals surface area contributed by atoms with Gasteiger partial charge in [0, 0.05) is 18.6 Å². The van der Waals surface area contributed by atoms with Crippen LogP contribution in [-0.4, -0.2) is 61.7 Å². The second-order valence-corrected chi connectivity index (χ2v) is 5.63. The Morgan fingerprint density at radius 2 is 2.12 bits per heavy atom. The third-order valence-corrected chi connectivity index (χ3v) is 3.88. The van der Waals surface area contributed by atoms with Crippen molar-refractivity contribution in [3.8, 4) is 0 Å². The molecule has 0 bridgehead atoms. The van der Waals surface area contributed by atoms with E-state index in [-0.39, 0.29) is 0 Å². The molecule has 3 nitrogen and oxygen atoms in total. The van der Waals surface area contributed by atoms with Gasteiger partial charge in [0.05, 0.1) is 0 Å². The van der Waals surface area contributed by atoms with Crippen LogP contribution in [0.25, 0.3) is 0 Å². The van der Waals surface area contributed by atoms with Crippen molar-refractivity contribution in [3.05, 3.63) is 0 Å². The summed E-state index contributed by atoms with van der Waals surface area (Å²) in [4.78, 5) is 5.05. The van der Waals surface area contributed by atoms with Gasteiger partial charge in [-0.3, -0.25) is 0 Å². The average Bonchev–Trinajstić information content (AvgIpc) is 2.72. The lowest BCUT2D eigenvalue weighted by molar-refractivity contribution is 0.255. The topological polar surface area (TPSA) is 18.5 Å². The summed E-state index contributed by atoms with van der Waals surface area (Å²) in [5.74, 6) is 0. The molecule has 1 aliphatic rings. The maximum Gasteiger partial charge on any atom is 0.0207 e. The molecule has 0 spiro atoms. The van der Waals surface area contributed by atoms with Crippen molar-refractivity contribution >= 4 is 0 Å². The zero-order valence-corrected chi connectivity index (χ0v) is 12.2. The highest BCUT2D eigenvalue weighted by Crippen LogP contribution is 2.10. The smallest absolute Gasteiger partial charge is 0.0207 e. The van der Waals surface area contributed by atoms with Crippen molar-refractivity contribution < 1.29 is 0 Å². The number of nitrogens with zero attached hydrogens (tertiary/aromatic N) is 2. The molecule has 1 fully saturated rings. The first-order valence-electron chi connectivity index (χ1n) is 7.29. The van der Waals surface area contributed by atoms with Crippen LogP contribution in [-0.2, 0) is 0 Å². The molecule has 1 aliphatic heterocycles. The minimum atomic E-state index is 0.680. The molecule has 1 heterocycles. The van der Waals surface area contributed by atoms with Gasteiger partial charge in [0.1, 0.15) is 0 Å². The molecule has 0 radical (unpaired) electrons. The fourth-order valence-corrected chi connectivity index (χ4v) is 2.45. The predicted molar refractivity (Wildman–Crippen MR) is 75.5 cm³/mol. The molecule has 1 N–H and O–H groups in total. The van der Waals surface area contributed by atoms with Crippen molar-refractivity contribution in [2.75, 3.05) is 39.8 Å². The number of rotatable bonds is 8. The number of nitrogens with one attached hydrogen (secondary N) is 1. The Labute approximate surface area is 108 Å². The van der Waals surface area contributed by atoms with Gasteiger partial charge < -0.3 is 15.1 Å². The Balaban J connectivity index is 2.00. The van der Waals surface area contributed by atoms with Crippen molar-refractivity contribution in [1.29, 1.82) is 0 Å². The standard InChI is InChI=1S/C14H31N3/c1-5-15-14-8-11-17(12-14)10-7-6-9-16(4)13(2)3/h13-15H,5-12H2,1-4H3. The van der Waals surface area contributed by atoms with E-state index in [1.54, 1.807) is 0 Å². The van der Waals surface area contributed by atoms with E-state index in [2.05, 4.69) is 42.9 Å². The van der Waals surface area contributed by atoms with E-state index in [1.165, 1.54) is 45.4 Å². The Hall–Kier alpha value is -0.120. The average molecular weight is 241 g/mol. The summed E-state index contributed by atoms with van der Waals surface area (Å²) >= 11 is 0. The Morgan fingerprint density at radius 3 is 2.76 bits per heavy atom. The fraction of sp³-hybridized carbons (Fsp3) is 1.00. The highest BCUT2D eigenvalue weighted by molar-refractivity contribution is 4.80. The van der Waals surface area contributed by atoms with Gasteiger partial charge in [-0.25, -0.2) is 0 Å². The molecule has 1 atom stereocenters. The van der Waals surface area contributed by atoms with Crippen LogP contribution >= 0.6 is 0 Å². The van der Waals surface area contributed by atoms with Crippen LogP contribution in [0.5, 0.6) is 0 Å². The van der Waals surface area contributed by atoms with E-state index in [1.807, 2.05) is 0 Å². The molecule has 1 rings (SSSR count). The van der Waals surface area contributed by atoms with Crippen molar-refractivity contribution in [2.24, 2.45) is 0 Å². The number of likely N-dealkylation sites (tertiary alicyclic amines) is 1. The second kappa shape index (κ2) is 8.06. The summed E-state index contributed by atoms with van der Waals surface area (Å²) in [6.45, 7) is 12.9. The lowest BCUT2D eigenvalue weighted by Crippen LogP contribution is -2.33. The summed E-state index contributed by atoms with van der Waals surface area (Å²) in [5, 5.41) is 3.55. The van der Waals surface area contributed by atoms with Gasteiger partial charge in [-0.15, -0.1) is 0 Å². The van der Waals surface area contributed by atoms with Crippen LogP contribution in [0.2, 0.25) is 0 Å². The Morgan fingerprint density at radius 1 is 1.35 bits per heavy atom. The molecule has 17 heavy (non-hydrogen) atoms. The summed E-state index contributed by atoms with van der Waals surface area (Å²) < 4.78 is 0. The normalized spacial score (nSPS) is 21.9. The monoisotopic (exact) mass is 241 g/mol. The van der Waals surface area contributed by atoms with Crippen molar-refractivity contribution in [3.63, 3.8) is 0 Å². The summed E-state index contributed by atoms with van der Waals surface area (Å²) in [6, 6.07) is 1.43. The second-order valence-electron chi connectivity index (χ2n) is 5.63. The first-order valence-corrected chi connectivity index (χ1v) is 7.29. The molecule has 0 saturated carbocycles. The molecule has 0 amide bonds.